The number of hydrogen-bond acceptors (Lipinski definition) is 2. The second-order valence-electron chi connectivity index (χ2n) is 6.52. The summed E-state index contributed by atoms with van der Waals surface area (Å²) in [6.07, 6.45) is 2.65. The van der Waals surface area contributed by atoms with Gasteiger partial charge in [0.25, 0.3) is 0 Å². The van der Waals surface area contributed by atoms with Crippen molar-refractivity contribution in [3.63, 3.8) is 0 Å². The van der Waals surface area contributed by atoms with E-state index in [9.17, 15) is 4.39 Å². The maximum absolute atomic E-state index is 13.8. The second-order valence-corrected chi connectivity index (χ2v) is 6.52. The van der Waals surface area contributed by atoms with Crippen molar-refractivity contribution in [1.29, 1.82) is 0 Å². The molecule has 0 saturated carbocycles. The zero-order chi connectivity index (χ0) is 14.3. The first kappa shape index (κ1) is 14.0. The van der Waals surface area contributed by atoms with Gasteiger partial charge in [-0.1, -0.05) is 12.1 Å². The minimum atomic E-state index is -0.0819. The highest BCUT2D eigenvalue weighted by atomic mass is 19.1. The fourth-order valence-corrected chi connectivity index (χ4v) is 3.81. The molecule has 3 rings (SSSR count). The van der Waals surface area contributed by atoms with Gasteiger partial charge in [0.15, 0.2) is 0 Å². The van der Waals surface area contributed by atoms with Gasteiger partial charge in [-0.2, -0.15) is 0 Å². The van der Waals surface area contributed by atoms with Gasteiger partial charge in [-0.05, 0) is 57.4 Å². The number of aryl methyl sites for hydroxylation is 1. The summed E-state index contributed by atoms with van der Waals surface area (Å²) in [4.78, 5) is 5.18. The average Bonchev–Trinajstić information content (AvgIpc) is 2.87. The fourth-order valence-electron chi connectivity index (χ4n) is 3.81. The van der Waals surface area contributed by atoms with Crippen LogP contribution in [0.15, 0.2) is 18.2 Å². The van der Waals surface area contributed by atoms with Crippen molar-refractivity contribution in [1.82, 2.24) is 9.80 Å². The van der Waals surface area contributed by atoms with Crippen LogP contribution in [0.1, 0.15) is 43.9 Å². The molecule has 110 valence electrons. The summed E-state index contributed by atoms with van der Waals surface area (Å²) in [7, 11) is 0. The van der Waals surface area contributed by atoms with Crippen molar-refractivity contribution in [2.45, 2.75) is 51.7 Å². The SMILES string of the molecule is Cc1ccc(C(C)N2CC3CCCN3CC2C)cc1F. The van der Waals surface area contributed by atoms with Gasteiger partial charge in [-0.15, -0.1) is 0 Å². The third-order valence-corrected chi connectivity index (χ3v) is 5.16. The standard InChI is InChI=1S/C17H25FN2/c1-12-6-7-15(9-17(12)18)14(3)20-11-16-5-4-8-19(16)10-13(20)2/h6-7,9,13-14,16H,4-5,8,10-11H2,1-3H3. The maximum atomic E-state index is 13.8. The number of nitrogens with zero attached hydrogens (tertiary/aromatic N) is 2. The molecule has 3 atom stereocenters. The number of fused-ring (bicyclic) bond motifs is 1. The van der Waals surface area contributed by atoms with Crippen LogP contribution >= 0.6 is 0 Å². The van der Waals surface area contributed by atoms with Crippen LogP contribution in [0.2, 0.25) is 0 Å². The molecule has 2 aliphatic heterocycles. The molecule has 0 bridgehead atoms. The quantitative estimate of drug-likeness (QED) is 0.817. The van der Waals surface area contributed by atoms with Crippen LogP contribution in [-0.2, 0) is 0 Å². The third kappa shape index (κ3) is 2.49. The molecule has 3 unspecified atom stereocenters. The van der Waals surface area contributed by atoms with Gasteiger partial charge in [0.1, 0.15) is 5.82 Å². The average molecular weight is 276 g/mol. The largest absolute Gasteiger partial charge is 0.298 e. The van der Waals surface area contributed by atoms with Gasteiger partial charge in [-0.25, -0.2) is 4.39 Å². The summed E-state index contributed by atoms with van der Waals surface area (Å²) in [6, 6.07) is 7.25. The van der Waals surface area contributed by atoms with Crippen LogP contribution in [0.4, 0.5) is 4.39 Å². The van der Waals surface area contributed by atoms with E-state index in [0.717, 1.165) is 24.2 Å². The zero-order valence-electron chi connectivity index (χ0n) is 12.8. The lowest BCUT2D eigenvalue weighted by atomic mass is 10.00. The molecule has 3 heteroatoms. The predicted octanol–water partition coefficient (Wildman–Crippen LogP) is 3.36. The summed E-state index contributed by atoms with van der Waals surface area (Å²) in [6.45, 7) is 9.88. The summed E-state index contributed by atoms with van der Waals surface area (Å²) < 4.78 is 13.8. The Morgan fingerprint density at radius 1 is 1.30 bits per heavy atom. The minimum absolute atomic E-state index is 0.0819. The molecule has 0 aliphatic carbocycles. The van der Waals surface area contributed by atoms with Gasteiger partial charge in [0, 0.05) is 31.2 Å². The van der Waals surface area contributed by atoms with Crippen LogP contribution in [0.25, 0.3) is 0 Å². The molecule has 2 aliphatic rings. The highest BCUT2D eigenvalue weighted by Crippen LogP contribution is 2.31. The van der Waals surface area contributed by atoms with Crippen molar-refractivity contribution in [3.8, 4) is 0 Å². The second kappa shape index (κ2) is 5.45. The minimum Gasteiger partial charge on any atom is -0.298 e. The van der Waals surface area contributed by atoms with Crippen LogP contribution in [0.5, 0.6) is 0 Å². The van der Waals surface area contributed by atoms with Crippen molar-refractivity contribution < 1.29 is 4.39 Å². The Hall–Kier alpha value is -0.930. The normalized spacial score (nSPS) is 29.4. The van der Waals surface area contributed by atoms with E-state index in [4.69, 9.17) is 0 Å². The molecule has 2 nitrogen and oxygen atoms in total. The van der Waals surface area contributed by atoms with Crippen LogP contribution in [0.3, 0.4) is 0 Å². The van der Waals surface area contributed by atoms with Crippen molar-refractivity contribution >= 4 is 0 Å². The van der Waals surface area contributed by atoms with Crippen molar-refractivity contribution in [2.24, 2.45) is 0 Å². The Labute approximate surface area is 121 Å². The van der Waals surface area contributed by atoms with Gasteiger partial charge >= 0.3 is 0 Å². The first-order chi connectivity index (χ1) is 9.56. The van der Waals surface area contributed by atoms with E-state index in [0.29, 0.717) is 18.1 Å². The molecule has 0 aromatic heterocycles. The lowest BCUT2D eigenvalue weighted by Gasteiger charge is -2.45. The maximum Gasteiger partial charge on any atom is 0.126 e. The van der Waals surface area contributed by atoms with Crippen LogP contribution < -0.4 is 0 Å². The Balaban J connectivity index is 1.78. The van der Waals surface area contributed by atoms with Gasteiger partial charge in [-0.3, -0.25) is 9.80 Å². The van der Waals surface area contributed by atoms with Crippen LogP contribution in [-0.4, -0.2) is 41.5 Å². The lowest BCUT2D eigenvalue weighted by molar-refractivity contribution is 0.0325. The lowest BCUT2D eigenvalue weighted by Crippen LogP contribution is -2.55. The molecule has 2 heterocycles. The molecule has 20 heavy (non-hydrogen) atoms. The van der Waals surface area contributed by atoms with E-state index in [1.807, 2.05) is 13.0 Å². The summed E-state index contributed by atoms with van der Waals surface area (Å²) in [5.41, 5.74) is 1.83. The summed E-state index contributed by atoms with van der Waals surface area (Å²) in [5.74, 6) is -0.0819. The van der Waals surface area contributed by atoms with Gasteiger partial charge < -0.3 is 0 Å². The Kier molecular flexibility index (Phi) is 3.83. The monoisotopic (exact) mass is 276 g/mol. The predicted molar refractivity (Wildman–Crippen MR) is 80.3 cm³/mol. The highest BCUT2D eigenvalue weighted by Gasteiger charge is 2.36. The van der Waals surface area contributed by atoms with Crippen molar-refractivity contribution in [3.05, 3.63) is 35.1 Å². The van der Waals surface area contributed by atoms with Crippen LogP contribution in [0, 0.1) is 12.7 Å². The molecular weight excluding hydrogens is 251 g/mol. The third-order valence-electron chi connectivity index (χ3n) is 5.16. The Bertz CT molecular complexity index is 488. The fraction of sp³-hybridized carbons (Fsp3) is 0.647. The topological polar surface area (TPSA) is 6.48 Å². The number of rotatable bonds is 2. The molecule has 0 radical (unpaired) electrons. The van der Waals surface area contributed by atoms with Gasteiger partial charge in [0.2, 0.25) is 0 Å². The van der Waals surface area contributed by atoms with E-state index < -0.39 is 0 Å². The molecule has 0 N–H and O–H groups in total. The number of piperazine rings is 1. The molecular formula is C17H25FN2. The van der Waals surface area contributed by atoms with E-state index in [-0.39, 0.29) is 5.82 Å². The molecule has 0 spiro atoms. The van der Waals surface area contributed by atoms with E-state index in [1.54, 1.807) is 6.07 Å². The Morgan fingerprint density at radius 3 is 2.85 bits per heavy atom. The molecule has 1 aromatic carbocycles. The summed E-state index contributed by atoms with van der Waals surface area (Å²) >= 11 is 0. The Morgan fingerprint density at radius 2 is 2.10 bits per heavy atom. The molecule has 2 saturated heterocycles. The number of halogens is 1. The summed E-state index contributed by atoms with van der Waals surface area (Å²) in [5, 5.41) is 0. The smallest absolute Gasteiger partial charge is 0.126 e. The first-order valence-corrected chi connectivity index (χ1v) is 7.82. The van der Waals surface area contributed by atoms with E-state index in [2.05, 4.69) is 29.7 Å². The molecule has 0 amide bonds. The number of hydrogen-bond donors (Lipinski definition) is 0. The molecule has 2 fully saturated rings. The zero-order valence-corrected chi connectivity index (χ0v) is 12.8. The number of benzene rings is 1. The highest BCUT2D eigenvalue weighted by molar-refractivity contribution is 5.25. The molecule has 1 aromatic rings. The first-order valence-electron chi connectivity index (χ1n) is 7.82. The van der Waals surface area contributed by atoms with Gasteiger partial charge in [0.05, 0.1) is 0 Å². The van der Waals surface area contributed by atoms with E-state index in [1.165, 1.54) is 19.4 Å². The van der Waals surface area contributed by atoms with Crippen molar-refractivity contribution in [2.75, 3.05) is 19.6 Å². The van der Waals surface area contributed by atoms with E-state index >= 15 is 0 Å².